The Morgan fingerprint density at radius 2 is 1.76 bits per heavy atom. The van der Waals surface area contributed by atoms with Gasteiger partial charge >= 0.3 is 0 Å². The molecule has 1 nitrogen and oxygen atoms in total. The SMILES string of the molecule is CNC(c1ccc(C)c(C)c1)c1ccc(C)s1. The molecule has 1 aromatic heterocycles. The molecule has 2 aromatic rings. The van der Waals surface area contributed by atoms with Gasteiger partial charge in [0.15, 0.2) is 0 Å². The lowest BCUT2D eigenvalue weighted by atomic mass is 10.0. The Morgan fingerprint density at radius 1 is 1.00 bits per heavy atom. The molecular weight excluding hydrogens is 226 g/mol. The largest absolute Gasteiger partial charge is 0.309 e. The van der Waals surface area contributed by atoms with Gasteiger partial charge < -0.3 is 5.32 Å². The Morgan fingerprint density at radius 3 is 2.29 bits per heavy atom. The van der Waals surface area contributed by atoms with Crippen molar-refractivity contribution in [1.82, 2.24) is 5.32 Å². The quantitative estimate of drug-likeness (QED) is 0.862. The standard InChI is InChI=1S/C15H19NS/c1-10-5-7-13(9-11(10)2)15(16-4)14-8-6-12(3)17-14/h5-9,15-16H,1-4H3. The molecule has 1 aromatic carbocycles. The van der Waals surface area contributed by atoms with Crippen molar-refractivity contribution in [1.29, 1.82) is 0 Å². The normalized spacial score (nSPS) is 12.7. The van der Waals surface area contributed by atoms with E-state index in [9.17, 15) is 0 Å². The van der Waals surface area contributed by atoms with Gasteiger partial charge in [-0.2, -0.15) is 0 Å². The van der Waals surface area contributed by atoms with E-state index in [1.165, 1.54) is 26.4 Å². The first-order valence-corrected chi connectivity index (χ1v) is 6.74. The Kier molecular flexibility index (Phi) is 3.65. The summed E-state index contributed by atoms with van der Waals surface area (Å²) in [4.78, 5) is 2.75. The van der Waals surface area contributed by atoms with Gasteiger partial charge in [-0.25, -0.2) is 0 Å². The first-order valence-electron chi connectivity index (χ1n) is 5.92. The summed E-state index contributed by atoms with van der Waals surface area (Å²) in [6, 6.07) is 11.4. The lowest BCUT2D eigenvalue weighted by molar-refractivity contribution is 0.703. The molecule has 2 rings (SSSR count). The van der Waals surface area contributed by atoms with Gasteiger partial charge in [0, 0.05) is 9.75 Å². The molecule has 1 heterocycles. The first kappa shape index (κ1) is 12.3. The second-order valence-electron chi connectivity index (χ2n) is 4.51. The average Bonchev–Trinajstić information content (AvgIpc) is 2.71. The van der Waals surface area contributed by atoms with Gasteiger partial charge in [0.2, 0.25) is 0 Å². The van der Waals surface area contributed by atoms with Crippen LogP contribution in [0.3, 0.4) is 0 Å². The Labute approximate surface area is 108 Å². The zero-order chi connectivity index (χ0) is 12.4. The minimum atomic E-state index is 0.313. The number of aryl methyl sites for hydroxylation is 3. The number of thiophene rings is 1. The highest BCUT2D eigenvalue weighted by atomic mass is 32.1. The van der Waals surface area contributed by atoms with Crippen molar-refractivity contribution in [3.8, 4) is 0 Å². The minimum Gasteiger partial charge on any atom is -0.309 e. The summed E-state index contributed by atoms with van der Waals surface area (Å²) >= 11 is 1.86. The van der Waals surface area contributed by atoms with Crippen molar-refractivity contribution >= 4 is 11.3 Å². The van der Waals surface area contributed by atoms with Crippen LogP contribution in [0.5, 0.6) is 0 Å². The van der Waals surface area contributed by atoms with Crippen LogP contribution in [0.2, 0.25) is 0 Å². The van der Waals surface area contributed by atoms with Gasteiger partial charge in [0.25, 0.3) is 0 Å². The van der Waals surface area contributed by atoms with Gasteiger partial charge in [-0.1, -0.05) is 18.2 Å². The van der Waals surface area contributed by atoms with E-state index in [0.29, 0.717) is 6.04 Å². The molecule has 1 atom stereocenters. The van der Waals surface area contributed by atoms with Crippen molar-refractivity contribution in [2.45, 2.75) is 26.8 Å². The van der Waals surface area contributed by atoms with Crippen molar-refractivity contribution in [3.63, 3.8) is 0 Å². The molecule has 0 aliphatic rings. The maximum Gasteiger partial charge on any atom is 0.0668 e. The van der Waals surface area contributed by atoms with Crippen LogP contribution in [0, 0.1) is 20.8 Å². The third-order valence-electron chi connectivity index (χ3n) is 3.20. The fourth-order valence-corrected chi connectivity index (χ4v) is 3.04. The van der Waals surface area contributed by atoms with Gasteiger partial charge in [0.05, 0.1) is 6.04 Å². The molecule has 0 aliphatic heterocycles. The smallest absolute Gasteiger partial charge is 0.0668 e. The number of hydrogen-bond donors (Lipinski definition) is 1. The topological polar surface area (TPSA) is 12.0 Å². The molecule has 0 amide bonds. The Bertz CT molecular complexity index is 513. The van der Waals surface area contributed by atoms with Crippen LogP contribution in [-0.4, -0.2) is 7.05 Å². The van der Waals surface area contributed by atoms with E-state index in [1.807, 2.05) is 18.4 Å². The molecule has 0 saturated carbocycles. The number of nitrogens with one attached hydrogen (secondary N) is 1. The van der Waals surface area contributed by atoms with Crippen LogP contribution < -0.4 is 5.32 Å². The summed E-state index contributed by atoms with van der Waals surface area (Å²) in [5, 5.41) is 3.41. The molecule has 0 saturated heterocycles. The Hall–Kier alpha value is -1.12. The summed E-state index contributed by atoms with van der Waals surface area (Å²) in [6.45, 7) is 6.48. The van der Waals surface area contributed by atoms with E-state index in [1.54, 1.807) is 0 Å². The lowest BCUT2D eigenvalue weighted by Crippen LogP contribution is -2.16. The summed E-state index contributed by atoms with van der Waals surface area (Å²) in [7, 11) is 2.02. The van der Waals surface area contributed by atoms with Crippen LogP contribution in [0.4, 0.5) is 0 Å². The van der Waals surface area contributed by atoms with E-state index in [-0.39, 0.29) is 0 Å². The molecule has 0 radical (unpaired) electrons. The van der Waals surface area contributed by atoms with Crippen LogP contribution in [0.25, 0.3) is 0 Å². The summed E-state index contributed by atoms with van der Waals surface area (Å²) in [6.07, 6.45) is 0. The van der Waals surface area contributed by atoms with Crippen LogP contribution in [0.15, 0.2) is 30.3 Å². The first-order chi connectivity index (χ1) is 8.11. The molecular formula is C15H19NS. The highest BCUT2D eigenvalue weighted by molar-refractivity contribution is 7.12. The van der Waals surface area contributed by atoms with Crippen molar-refractivity contribution < 1.29 is 0 Å². The van der Waals surface area contributed by atoms with Gasteiger partial charge in [-0.3, -0.25) is 0 Å². The van der Waals surface area contributed by atoms with E-state index >= 15 is 0 Å². The zero-order valence-corrected chi connectivity index (χ0v) is 11.7. The zero-order valence-electron chi connectivity index (χ0n) is 10.9. The predicted octanol–water partition coefficient (Wildman–Crippen LogP) is 3.98. The summed E-state index contributed by atoms with van der Waals surface area (Å²) in [5.74, 6) is 0. The lowest BCUT2D eigenvalue weighted by Gasteiger charge is -2.16. The molecule has 2 heteroatoms. The molecule has 90 valence electrons. The van der Waals surface area contributed by atoms with E-state index in [2.05, 4.69) is 56.4 Å². The fourth-order valence-electron chi connectivity index (χ4n) is 2.03. The van der Waals surface area contributed by atoms with E-state index in [4.69, 9.17) is 0 Å². The van der Waals surface area contributed by atoms with Gasteiger partial charge in [-0.05, 0) is 56.6 Å². The second-order valence-corrected chi connectivity index (χ2v) is 5.83. The molecule has 1 unspecified atom stereocenters. The van der Waals surface area contributed by atoms with Crippen molar-refractivity contribution in [3.05, 3.63) is 56.8 Å². The van der Waals surface area contributed by atoms with Crippen molar-refractivity contribution in [2.24, 2.45) is 0 Å². The monoisotopic (exact) mass is 245 g/mol. The van der Waals surface area contributed by atoms with E-state index in [0.717, 1.165) is 0 Å². The highest BCUT2D eigenvalue weighted by Crippen LogP contribution is 2.28. The van der Waals surface area contributed by atoms with Gasteiger partial charge in [0.1, 0.15) is 0 Å². The molecule has 17 heavy (non-hydrogen) atoms. The maximum absolute atomic E-state index is 3.41. The van der Waals surface area contributed by atoms with Gasteiger partial charge in [-0.15, -0.1) is 11.3 Å². The number of hydrogen-bond acceptors (Lipinski definition) is 2. The second kappa shape index (κ2) is 5.03. The highest BCUT2D eigenvalue weighted by Gasteiger charge is 2.13. The molecule has 0 bridgehead atoms. The number of benzene rings is 1. The fraction of sp³-hybridized carbons (Fsp3) is 0.333. The van der Waals surface area contributed by atoms with Crippen LogP contribution >= 0.6 is 11.3 Å². The number of rotatable bonds is 3. The average molecular weight is 245 g/mol. The van der Waals surface area contributed by atoms with Crippen LogP contribution in [-0.2, 0) is 0 Å². The van der Waals surface area contributed by atoms with Crippen LogP contribution in [0.1, 0.15) is 32.5 Å². The molecule has 0 aliphatic carbocycles. The van der Waals surface area contributed by atoms with E-state index < -0.39 is 0 Å². The molecule has 1 N–H and O–H groups in total. The third kappa shape index (κ3) is 2.59. The maximum atomic E-state index is 3.41. The summed E-state index contributed by atoms with van der Waals surface area (Å²) < 4.78 is 0. The Balaban J connectivity index is 2.38. The minimum absolute atomic E-state index is 0.313. The molecule has 0 spiro atoms. The van der Waals surface area contributed by atoms with Crippen molar-refractivity contribution in [2.75, 3.05) is 7.05 Å². The third-order valence-corrected chi connectivity index (χ3v) is 4.26. The predicted molar refractivity (Wildman–Crippen MR) is 75.9 cm³/mol. The summed E-state index contributed by atoms with van der Waals surface area (Å²) in [5.41, 5.74) is 4.06. The molecule has 0 fully saturated rings.